The van der Waals surface area contributed by atoms with Crippen LogP contribution in [0.2, 0.25) is 0 Å². The molecule has 186 valence electrons. The maximum atomic E-state index is 10.4. The van der Waals surface area contributed by atoms with E-state index in [0.29, 0.717) is 17.0 Å². The first-order chi connectivity index (χ1) is 16.5. The number of aliphatic hydroxyl groups excluding tert-OH is 3. The predicted molar refractivity (Wildman–Crippen MR) is 127 cm³/mol. The molecular formula is C23H35N7O4. The highest BCUT2D eigenvalue weighted by atomic mass is 16.6. The van der Waals surface area contributed by atoms with Crippen LogP contribution < -0.4 is 5.73 Å². The van der Waals surface area contributed by atoms with Crippen molar-refractivity contribution in [2.45, 2.75) is 89.4 Å². The summed E-state index contributed by atoms with van der Waals surface area (Å²) in [6, 6.07) is 0. The van der Waals surface area contributed by atoms with Gasteiger partial charge in [-0.15, -0.1) is 0 Å². The van der Waals surface area contributed by atoms with Gasteiger partial charge in [0, 0.05) is 12.7 Å². The van der Waals surface area contributed by atoms with E-state index < -0.39 is 31.1 Å². The Morgan fingerprint density at radius 3 is 2.47 bits per heavy atom. The van der Waals surface area contributed by atoms with E-state index in [2.05, 4.69) is 27.0 Å². The highest BCUT2D eigenvalue weighted by molar-refractivity contribution is 5.83. The molecule has 1 fully saturated rings. The fourth-order valence-electron chi connectivity index (χ4n) is 4.37. The molecule has 34 heavy (non-hydrogen) atoms. The van der Waals surface area contributed by atoms with E-state index in [1.54, 1.807) is 6.20 Å². The van der Waals surface area contributed by atoms with Crippen LogP contribution in [0, 0.1) is 0 Å². The van der Waals surface area contributed by atoms with Crippen LogP contribution >= 0.6 is 0 Å². The van der Waals surface area contributed by atoms with Gasteiger partial charge in [0.2, 0.25) is 0 Å². The molecule has 1 saturated heterocycles. The van der Waals surface area contributed by atoms with Crippen LogP contribution in [0.3, 0.4) is 0 Å². The zero-order valence-electron chi connectivity index (χ0n) is 19.6. The highest BCUT2D eigenvalue weighted by Gasteiger charge is 2.44. The number of ether oxygens (including phenoxy) is 1. The average Bonchev–Trinajstić information content (AvgIpc) is 3.54. The topological polar surface area (TPSA) is 157 Å². The summed E-state index contributed by atoms with van der Waals surface area (Å²) in [4.78, 5) is 13.2. The van der Waals surface area contributed by atoms with Crippen molar-refractivity contribution in [1.29, 1.82) is 0 Å². The second-order valence-corrected chi connectivity index (χ2v) is 8.95. The Bertz CT molecular complexity index is 1070. The Morgan fingerprint density at radius 1 is 1.03 bits per heavy atom. The average molecular weight is 474 g/mol. The maximum absolute atomic E-state index is 10.4. The number of aryl methyl sites for hydroxylation is 1. The number of fused-ring (bicyclic) bond motifs is 1. The second-order valence-electron chi connectivity index (χ2n) is 8.95. The minimum Gasteiger partial charge on any atom is -0.394 e. The number of unbranched alkanes of at least 4 members (excludes halogenated alkanes) is 7. The van der Waals surface area contributed by atoms with Gasteiger partial charge in [0.15, 0.2) is 23.5 Å². The van der Waals surface area contributed by atoms with Gasteiger partial charge in [-0.3, -0.25) is 9.25 Å². The monoisotopic (exact) mass is 473 g/mol. The number of hydrogen-bond donors (Lipinski definition) is 4. The molecule has 1 unspecified atom stereocenters. The van der Waals surface area contributed by atoms with Crippen molar-refractivity contribution in [2.75, 3.05) is 12.3 Å². The summed E-state index contributed by atoms with van der Waals surface area (Å²) in [7, 11) is 0. The van der Waals surface area contributed by atoms with E-state index in [1.165, 1.54) is 55.8 Å². The van der Waals surface area contributed by atoms with Gasteiger partial charge in [0.25, 0.3) is 0 Å². The van der Waals surface area contributed by atoms with Crippen molar-refractivity contribution in [3.63, 3.8) is 0 Å². The summed E-state index contributed by atoms with van der Waals surface area (Å²) in [6.07, 6.45) is 10.8. The Hall–Kier alpha value is -2.60. The zero-order chi connectivity index (χ0) is 24.1. The van der Waals surface area contributed by atoms with Crippen LogP contribution in [-0.2, 0) is 11.3 Å². The molecule has 0 aromatic carbocycles. The van der Waals surface area contributed by atoms with Crippen molar-refractivity contribution < 1.29 is 20.1 Å². The molecule has 0 bridgehead atoms. The summed E-state index contributed by atoms with van der Waals surface area (Å²) >= 11 is 0. The molecule has 11 heteroatoms. The van der Waals surface area contributed by atoms with Crippen LogP contribution in [0.1, 0.15) is 64.5 Å². The van der Waals surface area contributed by atoms with Gasteiger partial charge in [-0.2, -0.15) is 5.10 Å². The fourth-order valence-corrected chi connectivity index (χ4v) is 4.37. The number of nitrogens with zero attached hydrogens (tertiary/aromatic N) is 6. The third-order valence-electron chi connectivity index (χ3n) is 6.37. The normalized spacial score (nSPS) is 22.7. The molecule has 3 aromatic heterocycles. The van der Waals surface area contributed by atoms with Gasteiger partial charge < -0.3 is 25.8 Å². The van der Waals surface area contributed by atoms with Crippen LogP contribution in [-0.4, -0.2) is 69.5 Å². The molecule has 0 radical (unpaired) electrons. The Morgan fingerprint density at radius 2 is 1.76 bits per heavy atom. The first-order valence-electron chi connectivity index (χ1n) is 12.2. The van der Waals surface area contributed by atoms with Gasteiger partial charge in [0.05, 0.1) is 24.7 Å². The first kappa shape index (κ1) is 24.5. The first-order valence-corrected chi connectivity index (χ1v) is 12.2. The molecule has 3 aromatic rings. The van der Waals surface area contributed by atoms with Crippen molar-refractivity contribution >= 4 is 17.0 Å². The van der Waals surface area contributed by atoms with E-state index in [9.17, 15) is 15.3 Å². The maximum Gasteiger partial charge on any atom is 0.168 e. The van der Waals surface area contributed by atoms with Crippen LogP contribution in [0.25, 0.3) is 22.6 Å². The number of anilines is 1. The van der Waals surface area contributed by atoms with Crippen molar-refractivity contribution in [3.05, 3.63) is 18.7 Å². The van der Waals surface area contributed by atoms with Crippen molar-refractivity contribution in [2.24, 2.45) is 0 Å². The van der Waals surface area contributed by atoms with Crippen molar-refractivity contribution in [1.82, 2.24) is 29.3 Å². The Balaban J connectivity index is 1.43. The molecule has 0 spiro atoms. The minimum atomic E-state index is -1.25. The van der Waals surface area contributed by atoms with Gasteiger partial charge in [-0.25, -0.2) is 15.0 Å². The lowest BCUT2D eigenvalue weighted by Gasteiger charge is -2.16. The molecule has 1 aliphatic heterocycles. The number of imidazole rings is 1. The summed E-state index contributed by atoms with van der Waals surface area (Å²) < 4.78 is 9.02. The Kier molecular flexibility index (Phi) is 8.09. The molecule has 1 aliphatic rings. The number of rotatable bonds is 12. The number of nitrogen functional groups attached to an aromatic ring is 1. The van der Waals surface area contributed by atoms with Crippen LogP contribution in [0.4, 0.5) is 5.82 Å². The zero-order valence-corrected chi connectivity index (χ0v) is 19.6. The largest absolute Gasteiger partial charge is 0.394 e. The fraction of sp³-hybridized carbons (Fsp3) is 0.652. The highest BCUT2D eigenvalue weighted by Crippen LogP contribution is 2.32. The van der Waals surface area contributed by atoms with Gasteiger partial charge in [-0.1, -0.05) is 51.9 Å². The number of aliphatic hydroxyl groups is 3. The summed E-state index contributed by atoms with van der Waals surface area (Å²) in [5, 5.41) is 34.3. The lowest BCUT2D eigenvalue weighted by atomic mass is 10.1. The molecule has 5 N–H and O–H groups in total. The molecule has 4 rings (SSSR count). The van der Waals surface area contributed by atoms with E-state index in [4.69, 9.17) is 10.5 Å². The van der Waals surface area contributed by atoms with E-state index in [-0.39, 0.29) is 5.82 Å². The third kappa shape index (κ3) is 5.22. The molecule has 0 aliphatic carbocycles. The lowest BCUT2D eigenvalue weighted by Crippen LogP contribution is -2.33. The molecule has 0 saturated carbocycles. The summed E-state index contributed by atoms with van der Waals surface area (Å²) in [6.45, 7) is 2.64. The number of aromatic nitrogens is 6. The SMILES string of the molecule is CCCCCCCCCCn1cc(-c2nc(N)c3ncn(C4O[C@H](CO)[C@@H](O)[C@H]4O)c3n2)cn1. The lowest BCUT2D eigenvalue weighted by molar-refractivity contribution is -0.0511. The van der Waals surface area contributed by atoms with E-state index >= 15 is 0 Å². The van der Waals surface area contributed by atoms with E-state index in [0.717, 1.165) is 18.5 Å². The molecular weight excluding hydrogens is 438 g/mol. The molecule has 4 atom stereocenters. The van der Waals surface area contributed by atoms with Crippen LogP contribution in [0.5, 0.6) is 0 Å². The Labute approximate surface area is 198 Å². The number of nitrogens with two attached hydrogens (primary N) is 1. The van der Waals surface area contributed by atoms with Gasteiger partial charge in [-0.05, 0) is 6.42 Å². The molecule has 11 nitrogen and oxygen atoms in total. The summed E-state index contributed by atoms with van der Waals surface area (Å²) in [5.41, 5.74) is 7.60. The quantitative estimate of drug-likeness (QED) is 0.289. The number of hydrogen-bond acceptors (Lipinski definition) is 9. The minimum absolute atomic E-state index is 0.196. The van der Waals surface area contributed by atoms with Gasteiger partial charge in [0.1, 0.15) is 23.8 Å². The predicted octanol–water partition coefficient (Wildman–Crippen LogP) is 2.02. The van der Waals surface area contributed by atoms with Gasteiger partial charge >= 0.3 is 0 Å². The smallest absolute Gasteiger partial charge is 0.168 e. The van der Waals surface area contributed by atoms with Crippen LogP contribution in [0.15, 0.2) is 18.7 Å². The van der Waals surface area contributed by atoms with E-state index in [1.807, 2.05) is 10.9 Å². The third-order valence-corrected chi connectivity index (χ3v) is 6.37. The standard InChI is InChI=1S/C23H35N7O4/c1-2-3-4-5-6-7-8-9-10-29-12-15(11-26-29)21-27-20(24)17-22(28-21)30(14-25-17)23-19(33)18(32)16(13-31)34-23/h11-12,14,16,18-19,23,31-33H,2-10,13H2,1H3,(H2,24,27,28)/t16-,18-,19-,23?/m1/s1. The summed E-state index contributed by atoms with van der Waals surface area (Å²) in [5.74, 6) is 0.585. The second kappa shape index (κ2) is 11.2. The van der Waals surface area contributed by atoms with Crippen molar-refractivity contribution in [3.8, 4) is 11.4 Å². The molecule has 0 amide bonds. The molecule has 4 heterocycles.